The second kappa shape index (κ2) is 28.4. The summed E-state index contributed by atoms with van der Waals surface area (Å²) in [5.41, 5.74) is 21.5. The van der Waals surface area contributed by atoms with Gasteiger partial charge in [-0.15, -0.1) is 0 Å². The van der Waals surface area contributed by atoms with Crippen LogP contribution >= 0.6 is 33.2 Å². The summed E-state index contributed by atoms with van der Waals surface area (Å²) in [6.07, 6.45) is 2.77. The normalized spacial score (nSPS) is 21.3. The van der Waals surface area contributed by atoms with Gasteiger partial charge in [0.2, 0.25) is 47.3 Å². The van der Waals surface area contributed by atoms with Crippen LogP contribution in [0.2, 0.25) is 5.02 Å². The number of halogens is 1. The Morgan fingerprint density at radius 2 is 1.39 bits per heavy atom. The lowest BCUT2D eigenvalue weighted by Gasteiger charge is -2.29. The van der Waals surface area contributed by atoms with Gasteiger partial charge in [0, 0.05) is 65.3 Å². The molecule has 0 saturated carbocycles. The highest BCUT2D eigenvalue weighted by Crippen LogP contribution is 2.25. The van der Waals surface area contributed by atoms with Crippen LogP contribution in [0.15, 0.2) is 122 Å². The highest BCUT2D eigenvalue weighted by Gasteiger charge is 2.36. The number of benzene rings is 4. The fraction of sp³-hybridized carbons (Fsp3) is 0.327. The number of primary amides is 1. The number of hydrogen-bond acceptors (Lipinski definition) is 14. The molecule has 21 nitrogen and oxygen atoms in total. The number of nitrogens with zero attached hydrogens (tertiary/aromatic N) is 1. The van der Waals surface area contributed by atoms with Crippen molar-refractivity contribution in [1.29, 1.82) is 0 Å². The fourth-order valence-corrected chi connectivity index (χ4v) is 11.3. The van der Waals surface area contributed by atoms with Crippen LogP contribution in [0.1, 0.15) is 35.6 Å². The second-order valence-corrected chi connectivity index (χ2v) is 22.1. The molecule has 79 heavy (non-hydrogen) atoms. The maximum atomic E-state index is 14.8. The predicted molar refractivity (Wildman–Crippen MR) is 304 cm³/mol. The smallest absolute Gasteiger partial charge is 0.245 e. The summed E-state index contributed by atoms with van der Waals surface area (Å²) in [5.74, 6) is -7.33. The van der Waals surface area contributed by atoms with Crippen molar-refractivity contribution in [2.24, 2.45) is 17.2 Å². The Labute approximate surface area is 468 Å². The predicted octanol–water partition coefficient (Wildman–Crippen LogP) is 0.971. The molecule has 9 atom stereocenters. The standard InChI is InChI=1S/C55H63ClN12O9S2/c1-30(69)47-55(77)67-46(53(75)63-42(48(59)70)23-32-12-15-34-8-2-3-9-35(34)21-32)29-79-78-28-45(66-49(71)39(58)22-31-13-16-37(56)17-14-31)54(76)64-43(24-33-7-6-20-60-26-33)51(73)65-44(52(74)62-41(18-19-57)50(72)68-47)25-36-27-61-40-11-5-4-10-38(36)40/h2-17,20-21,26-27,30,39,41-47,61,69H,18-19,22-25,28-29,57-58H2,1H3,(H2,59,70)(H,62,74)(H,63,75)(H,64,76)(H,65,73)(H,66,71)(H,67,77)(H,68,72)/t30-,39+,41+,42+,43+,44?,45?,46?,47+/m1/s1. The number of nitrogens with two attached hydrogens (primary N) is 3. The zero-order valence-electron chi connectivity index (χ0n) is 43.0. The molecule has 2 aromatic heterocycles. The molecule has 15 N–H and O–H groups in total. The quantitative estimate of drug-likeness (QED) is 0.0602. The number of pyridine rings is 1. The molecule has 0 radical (unpaired) electrons. The lowest BCUT2D eigenvalue weighted by Crippen LogP contribution is -2.62. The Bertz CT molecular complexity index is 3130. The van der Waals surface area contributed by atoms with E-state index in [2.05, 4.69) is 47.2 Å². The van der Waals surface area contributed by atoms with E-state index in [-0.39, 0.29) is 50.2 Å². The summed E-state index contributed by atoms with van der Waals surface area (Å²) in [6, 6.07) is 19.1. The van der Waals surface area contributed by atoms with E-state index in [1.807, 2.05) is 54.6 Å². The van der Waals surface area contributed by atoms with Crippen LogP contribution in [0, 0.1) is 0 Å². The van der Waals surface area contributed by atoms with Crippen molar-refractivity contribution in [3.8, 4) is 0 Å². The molecule has 24 heteroatoms. The van der Waals surface area contributed by atoms with Crippen molar-refractivity contribution in [2.45, 2.75) is 93.5 Å². The molecule has 6 aromatic rings. The zero-order valence-corrected chi connectivity index (χ0v) is 45.4. The monoisotopic (exact) mass is 1130 g/mol. The number of aliphatic hydroxyl groups is 1. The van der Waals surface area contributed by atoms with Crippen LogP contribution < -0.4 is 54.4 Å². The largest absolute Gasteiger partial charge is 0.391 e. The fourth-order valence-electron chi connectivity index (χ4n) is 8.81. The highest BCUT2D eigenvalue weighted by molar-refractivity contribution is 8.76. The van der Waals surface area contributed by atoms with Gasteiger partial charge in [-0.2, -0.15) is 0 Å². The van der Waals surface area contributed by atoms with Gasteiger partial charge in [0.1, 0.15) is 42.3 Å². The molecule has 8 amide bonds. The van der Waals surface area contributed by atoms with Crippen LogP contribution in [0.25, 0.3) is 21.7 Å². The number of H-pyrrole nitrogens is 1. The van der Waals surface area contributed by atoms with E-state index in [9.17, 15) is 43.5 Å². The molecule has 0 aliphatic carbocycles. The number of aliphatic hydroxyl groups excluding tert-OH is 1. The minimum atomic E-state index is -1.72. The summed E-state index contributed by atoms with van der Waals surface area (Å²) in [7, 11) is 2.01. The molecular formula is C55H63ClN12O9S2. The van der Waals surface area contributed by atoms with E-state index in [1.54, 1.807) is 54.7 Å². The zero-order chi connectivity index (χ0) is 56.6. The number of rotatable bonds is 16. The van der Waals surface area contributed by atoms with E-state index in [0.717, 1.165) is 43.3 Å². The first-order valence-corrected chi connectivity index (χ1v) is 28.3. The molecule has 1 aliphatic heterocycles. The Hall–Kier alpha value is -7.54. The molecule has 7 rings (SSSR count). The number of aromatic amines is 1. The number of para-hydroxylation sites is 1. The van der Waals surface area contributed by atoms with Gasteiger partial charge in [0.15, 0.2) is 0 Å². The van der Waals surface area contributed by atoms with E-state index in [0.29, 0.717) is 27.3 Å². The van der Waals surface area contributed by atoms with Gasteiger partial charge >= 0.3 is 0 Å². The van der Waals surface area contributed by atoms with Crippen LogP contribution in [-0.2, 0) is 64.0 Å². The molecule has 1 fully saturated rings. The van der Waals surface area contributed by atoms with Gasteiger partial charge in [0.25, 0.3) is 0 Å². The third-order valence-corrected chi connectivity index (χ3v) is 15.8. The molecule has 0 spiro atoms. The first kappa shape index (κ1) is 59.1. The summed E-state index contributed by atoms with van der Waals surface area (Å²) >= 11 is 6.09. The molecule has 1 saturated heterocycles. The van der Waals surface area contributed by atoms with Gasteiger partial charge in [-0.05, 0) is 83.6 Å². The van der Waals surface area contributed by atoms with Gasteiger partial charge in [-0.25, -0.2) is 0 Å². The van der Waals surface area contributed by atoms with Gasteiger partial charge in [-0.3, -0.25) is 43.3 Å². The van der Waals surface area contributed by atoms with Crippen molar-refractivity contribution < 1.29 is 43.5 Å². The molecule has 0 bridgehead atoms. The first-order chi connectivity index (χ1) is 38.0. The molecule has 3 unspecified atom stereocenters. The Morgan fingerprint density at radius 3 is 2.10 bits per heavy atom. The van der Waals surface area contributed by atoms with Crippen LogP contribution in [0.4, 0.5) is 0 Å². The summed E-state index contributed by atoms with van der Waals surface area (Å²) in [4.78, 5) is 121. The topological polar surface area (TPSA) is 348 Å². The van der Waals surface area contributed by atoms with Gasteiger partial charge in [0.05, 0.1) is 12.1 Å². The molecule has 3 heterocycles. The van der Waals surface area contributed by atoms with Gasteiger partial charge in [-0.1, -0.05) is 112 Å². The number of nitrogens with one attached hydrogen (secondary N) is 8. The average Bonchev–Trinajstić information content (AvgIpc) is 3.85. The maximum Gasteiger partial charge on any atom is 0.245 e. The second-order valence-electron chi connectivity index (χ2n) is 19.1. The van der Waals surface area contributed by atoms with Gasteiger partial charge < -0.3 is 64.5 Å². The summed E-state index contributed by atoms with van der Waals surface area (Å²) in [5, 5.41) is 32.8. The number of hydrogen-bond donors (Lipinski definition) is 12. The number of carbonyl (C=O) groups excluding carboxylic acids is 8. The maximum absolute atomic E-state index is 14.8. The molecule has 1 aliphatic rings. The Kier molecular flexibility index (Phi) is 21.2. The minimum absolute atomic E-state index is 0.0197. The lowest BCUT2D eigenvalue weighted by molar-refractivity contribution is -0.136. The van der Waals surface area contributed by atoms with Crippen LogP contribution in [0.3, 0.4) is 0 Å². The summed E-state index contributed by atoms with van der Waals surface area (Å²) < 4.78 is 0. The van der Waals surface area contributed by atoms with Crippen molar-refractivity contribution >= 4 is 102 Å². The molecule has 416 valence electrons. The SMILES string of the molecule is C[C@@H](O)[C@@H]1NC(=O)[C@H](CCN)NC(=O)C(Cc2c[nH]c3ccccc23)NC(=O)[C@H](Cc2cccnc2)NC(=O)C(NC(=O)[C@@H](N)Cc2ccc(Cl)cc2)CSSCC(C(=O)N[C@@H](Cc2ccc3ccccc3c2)C(N)=O)NC1=O. The molecule has 4 aromatic carbocycles. The van der Waals surface area contributed by atoms with E-state index in [4.69, 9.17) is 28.8 Å². The van der Waals surface area contributed by atoms with E-state index in [1.165, 1.54) is 19.3 Å². The average molecular weight is 1140 g/mol. The molecular weight excluding hydrogens is 1070 g/mol. The summed E-state index contributed by atoms with van der Waals surface area (Å²) in [6.45, 7) is 1.10. The Morgan fingerprint density at radius 1 is 0.734 bits per heavy atom. The highest BCUT2D eigenvalue weighted by atomic mass is 35.5. The van der Waals surface area contributed by atoms with Crippen LogP contribution in [-0.4, -0.2) is 135 Å². The number of aromatic nitrogens is 2. The van der Waals surface area contributed by atoms with Crippen LogP contribution in [0.5, 0.6) is 0 Å². The first-order valence-electron chi connectivity index (χ1n) is 25.4. The van der Waals surface area contributed by atoms with Crippen molar-refractivity contribution in [3.05, 3.63) is 149 Å². The number of amides is 8. The van der Waals surface area contributed by atoms with E-state index < -0.39 is 102 Å². The third kappa shape index (κ3) is 16.7. The minimum Gasteiger partial charge on any atom is -0.391 e. The number of carbonyl (C=O) groups is 8. The van der Waals surface area contributed by atoms with Crippen molar-refractivity contribution in [3.63, 3.8) is 0 Å². The van der Waals surface area contributed by atoms with Crippen molar-refractivity contribution in [1.82, 2.24) is 47.2 Å². The van der Waals surface area contributed by atoms with E-state index >= 15 is 0 Å². The third-order valence-electron chi connectivity index (χ3n) is 13.1. The Balaban J connectivity index is 1.23. The van der Waals surface area contributed by atoms with Crippen molar-refractivity contribution in [2.75, 3.05) is 18.1 Å². The number of fused-ring (bicyclic) bond motifs is 2. The lowest BCUT2D eigenvalue weighted by atomic mass is 10.0.